The summed E-state index contributed by atoms with van der Waals surface area (Å²) in [6.45, 7) is 0.723. The molecule has 0 aliphatic rings. The molecule has 5 heteroatoms. The lowest BCUT2D eigenvalue weighted by molar-refractivity contribution is 0.401. The van der Waals surface area contributed by atoms with Crippen LogP contribution in [0.25, 0.3) is 0 Å². The van der Waals surface area contributed by atoms with Gasteiger partial charge in [-0.25, -0.2) is 0 Å². The second-order valence-corrected chi connectivity index (χ2v) is 3.28. The molecule has 0 aliphatic carbocycles. The normalized spacial score (nSPS) is 10.1. The van der Waals surface area contributed by atoms with Gasteiger partial charge in [-0.05, 0) is 20.2 Å². The molecule has 1 aromatic rings. The quantitative estimate of drug-likeness (QED) is 0.555. The third-order valence-electron chi connectivity index (χ3n) is 1.40. The largest absolute Gasteiger partial charge is 0.363 e. The molecule has 13 heavy (non-hydrogen) atoms. The minimum atomic E-state index is 0.698. The van der Waals surface area contributed by atoms with Gasteiger partial charge in [-0.2, -0.15) is 10.2 Å². The number of hydrogen-bond donors (Lipinski definition) is 1. The van der Waals surface area contributed by atoms with E-state index in [-0.39, 0.29) is 0 Å². The maximum atomic E-state index is 5.13. The van der Waals surface area contributed by atoms with Crippen LogP contribution in [0.3, 0.4) is 0 Å². The lowest BCUT2D eigenvalue weighted by Gasteiger charge is -2.12. The third-order valence-corrected chi connectivity index (χ3v) is 1.78. The van der Waals surface area contributed by atoms with E-state index in [2.05, 4.69) is 15.5 Å². The topological polar surface area (TPSA) is 41.0 Å². The number of hydrogen-bond acceptors (Lipinski definition) is 4. The monoisotopic (exact) mass is 196 g/mol. The first kappa shape index (κ1) is 10.0. The van der Waals surface area contributed by atoms with Crippen molar-refractivity contribution in [1.29, 1.82) is 0 Å². The Hall–Kier alpha value is -1.07. The maximum absolute atomic E-state index is 5.13. The van der Waals surface area contributed by atoms with Crippen molar-refractivity contribution in [3.63, 3.8) is 0 Å². The van der Waals surface area contributed by atoms with Gasteiger partial charge in [-0.3, -0.25) is 4.90 Å². The lowest BCUT2D eigenvalue weighted by Crippen LogP contribution is -2.32. The molecule has 0 atom stereocenters. The molecule has 0 saturated carbocycles. The van der Waals surface area contributed by atoms with Crippen LogP contribution in [0, 0.1) is 0 Å². The molecule has 0 aromatic carbocycles. The predicted molar refractivity (Wildman–Crippen MR) is 55.4 cm³/mol. The fourth-order valence-electron chi connectivity index (χ4n) is 0.757. The Balaban J connectivity index is 2.50. The van der Waals surface area contributed by atoms with Gasteiger partial charge in [0.05, 0.1) is 19.1 Å². The summed E-state index contributed by atoms with van der Waals surface area (Å²) in [5.41, 5.74) is 0.895. The standard InChI is InChI=1S/C8H12N4S/c1-12(2)6-9-8(13)7-3-4-10-11-5-7/h3-5H,6H2,1-2H3,(H,9,13). The van der Waals surface area contributed by atoms with Crippen molar-refractivity contribution in [3.8, 4) is 0 Å². The molecule has 0 amide bonds. The van der Waals surface area contributed by atoms with Gasteiger partial charge in [-0.1, -0.05) is 12.2 Å². The summed E-state index contributed by atoms with van der Waals surface area (Å²) in [4.78, 5) is 2.70. The van der Waals surface area contributed by atoms with Gasteiger partial charge in [0.25, 0.3) is 0 Å². The first-order valence-electron chi connectivity index (χ1n) is 3.90. The van der Waals surface area contributed by atoms with Crippen LogP contribution in [0.4, 0.5) is 0 Å². The molecule has 4 nitrogen and oxygen atoms in total. The first-order valence-corrected chi connectivity index (χ1v) is 4.30. The predicted octanol–water partition coefficient (Wildman–Crippen LogP) is 0.261. The Labute approximate surface area is 83.0 Å². The Morgan fingerprint density at radius 1 is 1.54 bits per heavy atom. The fourth-order valence-corrected chi connectivity index (χ4v) is 0.942. The Morgan fingerprint density at radius 3 is 2.85 bits per heavy atom. The number of rotatable bonds is 3. The highest BCUT2D eigenvalue weighted by atomic mass is 32.1. The molecule has 0 radical (unpaired) electrons. The van der Waals surface area contributed by atoms with E-state index in [0.29, 0.717) is 4.99 Å². The highest BCUT2D eigenvalue weighted by molar-refractivity contribution is 7.80. The van der Waals surface area contributed by atoms with E-state index < -0.39 is 0 Å². The molecule has 0 spiro atoms. The van der Waals surface area contributed by atoms with E-state index in [1.165, 1.54) is 0 Å². The lowest BCUT2D eigenvalue weighted by atomic mass is 10.3. The van der Waals surface area contributed by atoms with Crippen LogP contribution < -0.4 is 5.32 Å². The molecule has 1 N–H and O–H groups in total. The van der Waals surface area contributed by atoms with Crippen molar-refractivity contribution in [3.05, 3.63) is 24.0 Å². The number of thiocarbonyl (C=S) groups is 1. The minimum absolute atomic E-state index is 0.698. The van der Waals surface area contributed by atoms with Crippen molar-refractivity contribution in [2.24, 2.45) is 0 Å². The van der Waals surface area contributed by atoms with Gasteiger partial charge < -0.3 is 5.32 Å². The highest BCUT2D eigenvalue weighted by Gasteiger charge is 1.99. The molecule has 0 fully saturated rings. The summed E-state index contributed by atoms with van der Waals surface area (Å²) in [5.74, 6) is 0. The molecule has 0 bridgehead atoms. The van der Waals surface area contributed by atoms with Crippen LogP contribution in [0.15, 0.2) is 18.5 Å². The van der Waals surface area contributed by atoms with Gasteiger partial charge in [0.1, 0.15) is 4.99 Å². The summed E-state index contributed by atoms with van der Waals surface area (Å²) in [5, 5.41) is 10.5. The van der Waals surface area contributed by atoms with Gasteiger partial charge >= 0.3 is 0 Å². The van der Waals surface area contributed by atoms with Crippen molar-refractivity contribution in [2.75, 3.05) is 20.8 Å². The summed E-state index contributed by atoms with van der Waals surface area (Å²) in [6, 6.07) is 1.83. The molecule has 0 saturated heterocycles. The zero-order valence-electron chi connectivity index (χ0n) is 7.69. The first-order chi connectivity index (χ1) is 6.20. The van der Waals surface area contributed by atoms with Crippen LogP contribution in [0.5, 0.6) is 0 Å². The van der Waals surface area contributed by atoms with Crippen LogP contribution in [-0.2, 0) is 0 Å². The maximum Gasteiger partial charge on any atom is 0.109 e. The molecule has 1 aromatic heterocycles. The van der Waals surface area contributed by atoms with E-state index in [0.717, 1.165) is 12.2 Å². The average Bonchev–Trinajstić information content (AvgIpc) is 2.15. The molecule has 1 heterocycles. The average molecular weight is 196 g/mol. The highest BCUT2D eigenvalue weighted by Crippen LogP contribution is 1.94. The zero-order chi connectivity index (χ0) is 9.68. The second kappa shape index (κ2) is 4.84. The van der Waals surface area contributed by atoms with Crippen molar-refractivity contribution in [1.82, 2.24) is 20.4 Å². The molecular formula is C8H12N4S. The van der Waals surface area contributed by atoms with Crippen LogP contribution in [0.1, 0.15) is 5.56 Å². The van der Waals surface area contributed by atoms with Crippen molar-refractivity contribution < 1.29 is 0 Å². The van der Waals surface area contributed by atoms with E-state index in [1.807, 2.05) is 25.1 Å². The van der Waals surface area contributed by atoms with E-state index in [1.54, 1.807) is 12.4 Å². The van der Waals surface area contributed by atoms with Gasteiger partial charge in [0, 0.05) is 5.56 Å². The Morgan fingerprint density at radius 2 is 2.31 bits per heavy atom. The summed E-state index contributed by atoms with van der Waals surface area (Å²) in [6.07, 6.45) is 3.27. The molecule has 0 aliphatic heterocycles. The molecule has 1 rings (SSSR count). The summed E-state index contributed by atoms with van der Waals surface area (Å²) in [7, 11) is 3.95. The number of aromatic nitrogens is 2. The fraction of sp³-hybridized carbons (Fsp3) is 0.375. The second-order valence-electron chi connectivity index (χ2n) is 2.87. The molecule has 70 valence electrons. The van der Waals surface area contributed by atoms with Gasteiger partial charge in [0.2, 0.25) is 0 Å². The van der Waals surface area contributed by atoms with Crippen LogP contribution in [-0.4, -0.2) is 40.8 Å². The third kappa shape index (κ3) is 3.43. The van der Waals surface area contributed by atoms with E-state index >= 15 is 0 Å². The van der Waals surface area contributed by atoms with E-state index in [4.69, 9.17) is 12.2 Å². The molecular weight excluding hydrogens is 184 g/mol. The van der Waals surface area contributed by atoms with Gasteiger partial charge in [-0.15, -0.1) is 0 Å². The van der Waals surface area contributed by atoms with Crippen LogP contribution in [0.2, 0.25) is 0 Å². The van der Waals surface area contributed by atoms with Crippen molar-refractivity contribution >= 4 is 17.2 Å². The summed E-state index contributed by atoms with van der Waals surface area (Å²) >= 11 is 5.13. The van der Waals surface area contributed by atoms with E-state index in [9.17, 15) is 0 Å². The smallest absolute Gasteiger partial charge is 0.109 e. The Kier molecular flexibility index (Phi) is 3.72. The summed E-state index contributed by atoms with van der Waals surface area (Å²) < 4.78 is 0. The number of nitrogens with one attached hydrogen (secondary N) is 1. The minimum Gasteiger partial charge on any atom is -0.363 e. The molecule has 0 unspecified atom stereocenters. The SMILES string of the molecule is CN(C)CNC(=S)c1ccnnc1. The van der Waals surface area contributed by atoms with Crippen molar-refractivity contribution in [2.45, 2.75) is 0 Å². The number of nitrogens with zero attached hydrogens (tertiary/aromatic N) is 3. The van der Waals surface area contributed by atoms with Crippen LogP contribution >= 0.6 is 12.2 Å². The zero-order valence-corrected chi connectivity index (χ0v) is 8.51. The Bertz CT molecular complexity index is 273. The van der Waals surface area contributed by atoms with Gasteiger partial charge in [0.15, 0.2) is 0 Å².